The van der Waals surface area contributed by atoms with Gasteiger partial charge < -0.3 is 29.2 Å². The fourth-order valence-corrected chi connectivity index (χ4v) is 6.75. The normalized spacial score (nSPS) is 11.6. The highest BCUT2D eigenvalue weighted by Crippen LogP contribution is 2.38. The molecular formula is C37H42FN3O8S. The SMILES string of the molecule is CCCNC(=O)[C@@H](Cc1ccccc1)N(Cc1ccc(F)cc1)C(=O)CN(c1cc(OC)ccc1OC)S(=O)(=O)c1ccc(OC)c(OC)c1. The van der Waals surface area contributed by atoms with Gasteiger partial charge in [-0.15, -0.1) is 0 Å². The van der Waals surface area contributed by atoms with Gasteiger partial charge in [-0.2, -0.15) is 0 Å². The Morgan fingerprint density at radius 3 is 2.06 bits per heavy atom. The van der Waals surface area contributed by atoms with Crippen molar-refractivity contribution in [2.45, 2.75) is 37.2 Å². The predicted octanol–water partition coefficient (Wildman–Crippen LogP) is 5.22. The van der Waals surface area contributed by atoms with Gasteiger partial charge in [0, 0.05) is 31.6 Å². The third-order valence-electron chi connectivity index (χ3n) is 7.96. The molecule has 0 aromatic heterocycles. The molecule has 11 nitrogen and oxygen atoms in total. The maximum absolute atomic E-state index is 14.7. The van der Waals surface area contributed by atoms with Crippen LogP contribution in [0, 0.1) is 5.82 Å². The van der Waals surface area contributed by atoms with E-state index in [-0.39, 0.29) is 35.0 Å². The minimum Gasteiger partial charge on any atom is -0.497 e. The number of amides is 2. The molecule has 1 N–H and O–H groups in total. The lowest BCUT2D eigenvalue weighted by atomic mass is 10.0. The van der Waals surface area contributed by atoms with Gasteiger partial charge in [-0.05, 0) is 53.9 Å². The van der Waals surface area contributed by atoms with E-state index in [1.54, 1.807) is 6.07 Å². The molecule has 0 heterocycles. The van der Waals surface area contributed by atoms with Gasteiger partial charge >= 0.3 is 0 Å². The van der Waals surface area contributed by atoms with Crippen LogP contribution >= 0.6 is 0 Å². The monoisotopic (exact) mass is 707 g/mol. The maximum atomic E-state index is 14.7. The van der Waals surface area contributed by atoms with Crippen LogP contribution in [-0.4, -0.2) is 72.7 Å². The Hall–Kier alpha value is -5.30. The molecule has 266 valence electrons. The molecule has 0 aliphatic heterocycles. The molecule has 4 aromatic carbocycles. The summed E-state index contributed by atoms with van der Waals surface area (Å²) >= 11 is 0. The molecule has 0 bridgehead atoms. The molecule has 4 rings (SSSR count). The molecule has 0 fully saturated rings. The quantitative estimate of drug-likeness (QED) is 0.159. The highest BCUT2D eigenvalue weighted by atomic mass is 32.2. The van der Waals surface area contributed by atoms with E-state index in [9.17, 15) is 22.4 Å². The average molecular weight is 708 g/mol. The van der Waals surface area contributed by atoms with Crippen LogP contribution in [0.2, 0.25) is 0 Å². The van der Waals surface area contributed by atoms with Crippen LogP contribution in [0.5, 0.6) is 23.0 Å². The van der Waals surface area contributed by atoms with Crippen LogP contribution in [-0.2, 0) is 32.6 Å². The van der Waals surface area contributed by atoms with Crippen molar-refractivity contribution in [3.8, 4) is 23.0 Å². The second-order valence-corrected chi connectivity index (χ2v) is 13.1. The molecule has 0 saturated carbocycles. The molecular weight excluding hydrogens is 665 g/mol. The summed E-state index contributed by atoms with van der Waals surface area (Å²) in [5.74, 6) is -0.661. The number of rotatable bonds is 17. The summed E-state index contributed by atoms with van der Waals surface area (Å²) in [5, 5.41) is 2.89. The van der Waals surface area contributed by atoms with Gasteiger partial charge in [0.05, 0.1) is 39.0 Å². The highest BCUT2D eigenvalue weighted by Gasteiger charge is 2.36. The average Bonchev–Trinajstić information content (AvgIpc) is 3.14. The molecule has 0 unspecified atom stereocenters. The summed E-state index contributed by atoms with van der Waals surface area (Å²) in [6.07, 6.45) is 0.789. The summed E-state index contributed by atoms with van der Waals surface area (Å²) in [7, 11) is 1.08. The first-order valence-electron chi connectivity index (χ1n) is 15.9. The smallest absolute Gasteiger partial charge is 0.265 e. The number of hydrogen-bond donors (Lipinski definition) is 1. The Morgan fingerprint density at radius 1 is 0.780 bits per heavy atom. The lowest BCUT2D eigenvalue weighted by Crippen LogP contribution is -2.53. The number of anilines is 1. The van der Waals surface area contributed by atoms with E-state index in [0.29, 0.717) is 30.0 Å². The highest BCUT2D eigenvalue weighted by molar-refractivity contribution is 7.92. The van der Waals surface area contributed by atoms with Crippen LogP contribution in [0.25, 0.3) is 0 Å². The number of ether oxygens (including phenoxy) is 4. The zero-order valence-corrected chi connectivity index (χ0v) is 29.5. The number of carbonyl (C=O) groups excluding carboxylic acids is 2. The van der Waals surface area contributed by atoms with Crippen LogP contribution in [0.15, 0.2) is 95.9 Å². The molecule has 1 atom stereocenters. The number of hydrogen-bond acceptors (Lipinski definition) is 8. The van der Waals surface area contributed by atoms with Crippen molar-refractivity contribution in [2.24, 2.45) is 0 Å². The van der Waals surface area contributed by atoms with E-state index in [1.807, 2.05) is 37.3 Å². The van der Waals surface area contributed by atoms with Crippen molar-refractivity contribution in [2.75, 3.05) is 45.8 Å². The van der Waals surface area contributed by atoms with Crippen molar-refractivity contribution >= 4 is 27.5 Å². The topological polar surface area (TPSA) is 124 Å². The van der Waals surface area contributed by atoms with Crippen molar-refractivity contribution in [1.29, 1.82) is 0 Å². The molecule has 2 amide bonds. The van der Waals surface area contributed by atoms with E-state index >= 15 is 0 Å². The number of benzene rings is 4. The van der Waals surface area contributed by atoms with Gasteiger partial charge in [-0.1, -0.05) is 49.4 Å². The lowest BCUT2D eigenvalue weighted by molar-refractivity contribution is -0.140. The minimum atomic E-state index is -4.53. The molecule has 0 saturated heterocycles. The molecule has 0 spiro atoms. The zero-order chi connectivity index (χ0) is 36.3. The zero-order valence-electron chi connectivity index (χ0n) is 28.7. The van der Waals surface area contributed by atoms with Gasteiger partial charge in [0.1, 0.15) is 29.9 Å². The predicted molar refractivity (Wildman–Crippen MR) is 188 cm³/mol. The fraction of sp³-hybridized carbons (Fsp3) is 0.297. The van der Waals surface area contributed by atoms with E-state index in [2.05, 4.69) is 5.32 Å². The third-order valence-corrected chi connectivity index (χ3v) is 9.72. The second kappa shape index (κ2) is 17.4. The van der Waals surface area contributed by atoms with Gasteiger partial charge in [-0.3, -0.25) is 13.9 Å². The lowest BCUT2D eigenvalue weighted by Gasteiger charge is -2.34. The number of methoxy groups -OCH3 is 4. The standard InChI is InChI=1S/C37H42FN3O8S/c1-6-20-39-37(43)32(21-26-10-8-7-9-11-26)40(24-27-12-14-28(38)15-13-27)36(42)25-41(31-22-29(46-2)16-18-33(31)47-3)50(44,45)30-17-19-34(48-4)35(23-30)49-5/h7-19,22-23,32H,6,20-21,24-25H2,1-5H3,(H,39,43)/t32-/m1/s1. The van der Waals surface area contributed by atoms with E-state index in [0.717, 1.165) is 9.87 Å². The molecule has 0 aliphatic carbocycles. The summed E-state index contributed by atoms with van der Waals surface area (Å²) in [6, 6.07) is 22.3. The van der Waals surface area contributed by atoms with Gasteiger partial charge in [0.25, 0.3) is 10.0 Å². The third kappa shape index (κ3) is 9.03. The van der Waals surface area contributed by atoms with Gasteiger partial charge in [0.2, 0.25) is 11.8 Å². The summed E-state index contributed by atoms with van der Waals surface area (Å²) in [6.45, 7) is 1.42. The van der Waals surface area contributed by atoms with Crippen molar-refractivity contribution < 1.29 is 41.3 Å². The Morgan fingerprint density at radius 2 is 1.44 bits per heavy atom. The summed E-state index contributed by atoms with van der Waals surface area (Å²) < 4.78 is 65.7. The van der Waals surface area contributed by atoms with Crippen LogP contribution in [0.1, 0.15) is 24.5 Å². The number of carbonyl (C=O) groups is 2. The number of nitrogens with zero attached hydrogens (tertiary/aromatic N) is 2. The largest absolute Gasteiger partial charge is 0.497 e. The Kier molecular flexibility index (Phi) is 13.0. The molecule has 0 aliphatic rings. The van der Waals surface area contributed by atoms with Gasteiger partial charge in [0.15, 0.2) is 11.5 Å². The molecule has 4 aromatic rings. The van der Waals surface area contributed by atoms with E-state index in [1.165, 1.54) is 87.9 Å². The van der Waals surface area contributed by atoms with Crippen LogP contribution in [0.4, 0.5) is 10.1 Å². The van der Waals surface area contributed by atoms with Crippen molar-refractivity contribution in [3.63, 3.8) is 0 Å². The van der Waals surface area contributed by atoms with Crippen molar-refractivity contribution in [3.05, 3.63) is 108 Å². The van der Waals surface area contributed by atoms with Crippen LogP contribution < -0.4 is 28.6 Å². The molecule has 0 radical (unpaired) electrons. The first kappa shape index (κ1) is 37.5. The van der Waals surface area contributed by atoms with Gasteiger partial charge in [-0.25, -0.2) is 12.8 Å². The second-order valence-electron chi connectivity index (χ2n) is 11.2. The molecule has 50 heavy (non-hydrogen) atoms. The summed E-state index contributed by atoms with van der Waals surface area (Å²) in [4.78, 5) is 29.7. The fourth-order valence-electron chi connectivity index (χ4n) is 5.32. The number of sulfonamides is 1. The maximum Gasteiger partial charge on any atom is 0.265 e. The molecule has 13 heteroatoms. The Balaban J connectivity index is 1.89. The number of halogens is 1. The Bertz CT molecular complexity index is 1860. The minimum absolute atomic E-state index is 0.0201. The Labute approximate surface area is 292 Å². The van der Waals surface area contributed by atoms with Crippen molar-refractivity contribution in [1.82, 2.24) is 10.2 Å². The van der Waals surface area contributed by atoms with E-state index in [4.69, 9.17) is 18.9 Å². The summed E-state index contributed by atoms with van der Waals surface area (Å²) in [5.41, 5.74) is 1.34. The van der Waals surface area contributed by atoms with E-state index < -0.39 is 40.2 Å². The first-order valence-corrected chi connectivity index (χ1v) is 17.3. The van der Waals surface area contributed by atoms with Crippen LogP contribution in [0.3, 0.4) is 0 Å². The number of nitrogens with one attached hydrogen (secondary N) is 1. The first-order chi connectivity index (χ1) is 24.1.